The Morgan fingerprint density at radius 3 is 2.44 bits per heavy atom. The fourth-order valence-corrected chi connectivity index (χ4v) is 3.91. The summed E-state index contributed by atoms with van der Waals surface area (Å²) >= 11 is 0. The smallest absolute Gasteiger partial charge is 0.215 e. The van der Waals surface area contributed by atoms with Crippen LogP contribution in [-0.2, 0) is 16.4 Å². The molecule has 2 unspecified atom stereocenters. The number of benzene rings is 1. The first-order valence-electron chi connectivity index (χ1n) is 5.56. The van der Waals surface area contributed by atoms with Crippen LogP contribution in [0.3, 0.4) is 0 Å². The summed E-state index contributed by atoms with van der Waals surface area (Å²) in [5.41, 5.74) is 1.05. The van der Waals surface area contributed by atoms with Crippen LogP contribution in [0.2, 0.25) is 0 Å². The Kier molecular flexibility index (Phi) is 2.80. The van der Waals surface area contributed by atoms with Crippen molar-refractivity contribution in [2.45, 2.75) is 30.9 Å². The predicted molar refractivity (Wildman–Crippen MR) is 64.4 cm³/mol. The third-order valence-electron chi connectivity index (χ3n) is 3.58. The van der Waals surface area contributed by atoms with Gasteiger partial charge in [0.1, 0.15) is 0 Å². The highest BCUT2D eigenvalue weighted by Gasteiger charge is 2.61. The molecule has 1 fully saturated rings. The van der Waals surface area contributed by atoms with Gasteiger partial charge in [0.25, 0.3) is 0 Å². The van der Waals surface area contributed by atoms with Gasteiger partial charge in [-0.25, -0.2) is 13.6 Å². The van der Waals surface area contributed by atoms with E-state index in [1.807, 2.05) is 37.3 Å². The van der Waals surface area contributed by atoms with Crippen LogP contribution < -0.4 is 5.14 Å². The molecule has 1 aliphatic carbocycles. The molecule has 16 heavy (non-hydrogen) atoms. The molecule has 0 aliphatic heterocycles. The minimum atomic E-state index is -3.45. The molecule has 0 saturated heterocycles. The lowest BCUT2D eigenvalue weighted by molar-refractivity contribution is 0.563. The quantitative estimate of drug-likeness (QED) is 0.869. The number of hydrogen-bond acceptors (Lipinski definition) is 2. The molecule has 0 heterocycles. The van der Waals surface area contributed by atoms with Gasteiger partial charge in [-0.15, -0.1) is 0 Å². The van der Waals surface area contributed by atoms with E-state index in [0.29, 0.717) is 12.8 Å². The van der Waals surface area contributed by atoms with Gasteiger partial charge >= 0.3 is 0 Å². The number of nitrogens with two attached hydrogens (primary N) is 1. The van der Waals surface area contributed by atoms with Crippen LogP contribution in [0.25, 0.3) is 0 Å². The largest absolute Gasteiger partial charge is 0.228 e. The van der Waals surface area contributed by atoms with Crippen LogP contribution in [-0.4, -0.2) is 13.2 Å². The molecule has 1 aromatic rings. The van der Waals surface area contributed by atoms with E-state index in [-0.39, 0.29) is 5.92 Å². The second-order valence-corrected chi connectivity index (χ2v) is 6.48. The molecular formula is C12H17NO2S. The minimum absolute atomic E-state index is 0.225. The first-order valence-corrected chi connectivity index (χ1v) is 7.10. The summed E-state index contributed by atoms with van der Waals surface area (Å²) in [6.45, 7) is 2.02. The van der Waals surface area contributed by atoms with E-state index in [1.165, 1.54) is 0 Å². The molecule has 1 saturated carbocycles. The molecule has 0 radical (unpaired) electrons. The molecule has 2 N–H and O–H groups in total. The summed E-state index contributed by atoms with van der Waals surface area (Å²) < 4.78 is 22.6. The van der Waals surface area contributed by atoms with Crippen LogP contribution in [0.5, 0.6) is 0 Å². The average molecular weight is 239 g/mol. The number of hydrogen-bond donors (Lipinski definition) is 1. The summed E-state index contributed by atoms with van der Waals surface area (Å²) in [7, 11) is -3.45. The zero-order chi connectivity index (χ0) is 11.8. The normalized spacial score (nSPS) is 29.0. The topological polar surface area (TPSA) is 60.2 Å². The average Bonchev–Trinajstić information content (AvgIpc) is 2.94. The fourth-order valence-electron chi connectivity index (χ4n) is 2.48. The SMILES string of the molecule is CCC1CC1(Cc1ccccc1)S(N)(=O)=O. The molecule has 0 aromatic heterocycles. The summed E-state index contributed by atoms with van der Waals surface area (Å²) in [6.07, 6.45) is 2.13. The molecule has 1 aliphatic rings. The van der Waals surface area contributed by atoms with Crippen LogP contribution in [0.15, 0.2) is 30.3 Å². The van der Waals surface area contributed by atoms with Gasteiger partial charge in [0.15, 0.2) is 0 Å². The molecule has 2 atom stereocenters. The molecule has 2 rings (SSSR count). The second kappa shape index (κ2) is 3.86. The number of rotatable bonds is 4. The van der Waals surface area contributed by atoms with Gasteiger partial charge in [-0.3, -0.25) is 0 Å². The third-order valence-corrected chi connectivity index (χ3v) is 5.36. The zero-order valence-electron chi connectivity index (χ0n) is 9.39. The molecule has 88 valence electrons. The van der Waals surface area contributed by atoms with E-state index >= 15 is 0 Å². The van der Waals surface area contributed by atoms with Gasteiger partial charge < -0.3 is 0 Å². The first-order chi connectivity index (χ1) is 7.49. The fraction of sp³-hybridized carbons (Fsp3) is 0.500. The Morgan fingerprint density at radius 2 is 2.00 bits per heavy atom. The zero-order valence-corrected chi connectivity index (χ0v) is 10.2. The number of primary sulfonamides is 1. The van der Waals surface area contributed by atoms with Crippen molar-refractivity contribution in [2.75, 3.05) is 0 Å². The monoisotopic (exact) mass is 239 g/mol. The lowest BCUT2D eigenvalue weighted by Gasteiger charge is -2.14. The van der Waals surface area contributed by atoms with Crippen LogP contribution >= 0.6 is 0 Å². The van der Waals surface area contributed by atoms with Gasteiger partial charge in [-0.05, 0) is 24.3 Å². The maximum absolute atomic E-state index is 11.7. The summed E-state index contributed by atoms with van der Waals surface area (Å²) in [4.78, 5) is 0. The van der Waals surface area contributed by atoms with Crippen LogP contribution in [0, 0.1) is 5.92 Å². The van der Waals surface area contributed by atoms with Gasteiger partial charge in [0.2, 0.25) is 10.0 Å². The maximum atomic E-state index is 11.7. The van der Waals surface area contributed by atoms with E-state index in [1.54, 1.807) is 0 Å². The van der Waals surface area contributed by atoms with Crippen molar-refractivity contribution < 1.29 is 8.42 Å². The van der Waals surface area contributed by atoms with E-state index < -0.39 is 14.8 Å². The highest BCUT2D eigenvalue weighted by Crippen LogP contribution is 2.53. The Labute approximate surface area is 96.7 Å². The lowest BCUT2D eigenvalue weighted by Crippen LogP contribution is -2.34. The van der Waals surface area contributed by atoms with Crippen molar-refractivity contribution in [1.29, 1.82) is 0 Å². The van der Waals surface area contributed by atoms with Gasteiger partial charge in [-0.1, -0.05) is 43.7 Å². The lowest BCUT2D eigenvalue weighted by atomic mass is 10.1. The molecule has 1 aromatic carbocycles. The molecule has 0 bridgehead atoms. The molecule has 0 spiro atoms. The van der Waals surface area contributed by atoms with E-state index in [0.717, 1.165) is 12.0 Å². The molecule has 0 amide bonds. The van der Waals surface area contributed by atoms with Crippen molar-refractivity contribution >= 4 is 10.0 Å². The summed E-state index contributed by atoms with van der Waals surface area (Å²) in [6, 6.07) is 9.69. The third kappa shape index (κ3) is 1.87. The molecular weight excluding hydrogens is 222 g/mol. The Morgan fingerprint density at radius 1 is 1.38 bits per heavy atom. The highest BCUT2D eigenvalue weighted by molar-refractivity contribution is 7.90. The molecule has 4 heteroatoms. The predicted octanol–water partition coefficient (Wildman–Crippen LogP) is 1.69. The highest BCUT2D eigenvalue weighted by atomic mass is 32.2. The Balaban J connectivity index is 2.25. The Bertz CT molecular complexity index is 469. The minimum Gasteiger partial charge on any atom is -0.228 e. The standard InChI is InChI=1S/C12H17NO2S/c1-2-11-9-12(11,16(13,14)15)8-10-6-4-3-5-7-10/h3-7,11H,2,8-9H2,1H3,(H2,13,14,15). The van der Waals surface area contributed by atoms with Crippen LogP contribution in [0.1, 0.15) is 25.3 Å². The Hall–Kier alpha value is -0.870. The number of sulfonamides is 1. The maximum Gasteiger partial charge on any atom is 0.215 e. The van der Waals surface area contributed by atoms with Crippen molar-refractivity contribution in [3.8, 4) is 0 Å². The summed E-state index contributed by atoms with van der Waals surface area (Å²) in [5.74, 6) is 0.225. The van der Waals surface area contributed by atoms with Crippen molar-refractivity contribution in [1.82, 2.24) is 0 Å². The van der Waals surface area contributed by atoms with Crippen LogP contribution in [0.4, 0.5) is 0 Å². The van der Waals surface area contributed by atoms with Crippen molar-refractivity contribution in [2.24, 2.45) is 11.1 Å². The second-order valence-electron chi connectivity index (χ2n) is 4.58. The van der Waals surface area contributed by atoms with E-state index in [4.69, 9.17) is 5.14 Å². The van der Waals surface area contributed by atoms with E-state index in [9.17, 15) is 8.42 Å². The first kappa shape index (κ1) is 11.6. The van der Waals surface area contributed by atoms with Gasteiger partial charge in [0, 0.05) is 0 Å². The van der Waals surface area contributed by atoms with Crippen molar-refractivity contribution in [3.63, 3.8) is 0 Å². The van der Waals surface area contributed by atoms with Gasteiger partial charge in [-0.2, -0.15) is 0 Å². The summed E-state index contributed by atoms with van der Waals surface area (Å²) in [5, 5.41) is 5.36. The van der Waals surface area contributed by atoms with Gasteiger partial charge in [0.05, 0.1) is 4.75 Å². The van der Waals surface area contributed by atoms with E-state index in [2.05, 4.69) is 0 Å². The molecule has 3 nitrogen and oxygen atoms in total. The van der Waals surface area contributed by atoms with Crippen molar-refractivity contribution in [3.05, 3.63) is 35.9 Å².